The highest BCUT2D eigenvalue weighted by Crippen LogP contribution is 2.22. The van der Waals surface area contributed by atoms with E-state index in [2.05, 4.69) is 62.5 Å². The fourth-order valence-electron chi connectivity index (χ4n) is 14.5. The van der Waals surface area contributed by atoms with Crippen molar-refractivity contribution in [3.05, 3.63) is 48.6 Å². The van der Waals surface area contributed by atoms with Crippen molar-refractivity contribution in [2.75, 3.05) is 47.5 Å². The molecule has 0 heterocycles. The first-order valence-corrected chi connectivity index (χ1v) is 46.8. The summed E-state index contributed by atoms with van der Waals surface area (Å²) in [5.41, 5.74) is 0. The lowest BCUT2D eigenvalue weighted by Crippen LogP contribution is -2.44. The molecule has 2 atom stereocenters. The van der Waals surface area contributed by atoms with Crippen LogP contribution in [0.4, 0.5) is 0 Å². The molecular weight excluding hydrogens is 1300 g/mol. The molecule has 0 N–H and O–H groups in total. The Bertz CT molecular complexity index is 1870. The number of quaternary nitrogens is 1. The van der Waals surface area contributed by atoms with Gasteiger partial charge in [-0.2, -0.15) is 0 Å². The van der Waals surface area contributed by atoms with Crippen molar-refractivity contribution >= 4 is 17.9 Å². The average molecular weight is 1480 g/mol. The third-order valence-corrected chi connectivity index (χ3v) is 21.6. The number of carbonyl (C=O) groups is 3. The van der Waals surface area contributed by atoms with E-state index in [-0.39, 0.29) is 32.2 Å². The minimum atomic E-state index is -1.62. The van der Waals surface area contributed by atoms with E-state index in [1.165, 1.54) is 398 Å². The molecule has 0 bridgehead atoms. The first-order chi connectivity index (χ1) is 51.6. The van der Waals surface area contributed by atoms with Crippen LogP contribution in [0.3, 0.4) is 0 Å². The highest BCUT2D eigenvalue weighted by atomic mass is 16.7. The van der Waals surface area contributed by atoms with E-state index in [1.807, 2.05) is 21.1 Å². The summed E-state index contributed by atoms with van der Waals surface area (Å²) in [6.45, 7) is 4.73. The predicted octanol–water partition coefficient (Wildman–Crippen LogP) is 29.4. The van der Waals surface area contributed by atoms with Crippen molar-refractivity contribution in [1.82, 2.24) is 0 Å². The number of unbranched alkanes of at least 4 members (excludes halogenated alkanes) is 66. The van der Waals surface area contributed by atoms with E-state index < -0.39 is 24.3 Å². The first kappa shape index (κ1) is 102. The lowest BCUT2D eigenvalue weighted by atomic mass is 10.0. The Balaban J connectivity index is 3.86. The van der Waals surface area contributed by atoms with Crippen LogP contribution < -0.4 is 5.11 Å². The molecule has 0 aromatic heterocycles. The number of likely N-dealkylation sites (N-methyl/N-ethyl adjacent to an activating group) is 1. The van der Waals surface area contributed by atoms with E-state index in [9.17, 15) is 19.5 Å². The van der Waals surface area contributed by atoms with Crippen LogP contribution in [-0.2, 0) is 33.3 Å². The molecule has 0 aromatic carbocycles. The van der Waals surface area contributed by atoms with Crippen molar-refractivity contribution in [2.45, 2.75) is 501 Å². The van der Waals surface area contributed by atoms with Crippen LogP contribution in [0.25, 0.3) is 0 Å². The molecule has 0 saturated carbocycles. The summed E-state index contributed by atoms with van der Waals surface area (Å²) in [5, 5.41) is 11.9. The maximum absolute atomic E-state index is 13.0. The summed E-state index contributed by atoms with van der Waals surface area (Å²) >= 11 is 0. The van der Waals surface area contributed by atoms with Crippen molar-refractivity contribution in [2.24, 2.45) is 0 Å². The molecule has 0 aliphatic rings. The quantitative estimate of drug-likeness (QED) is 0.0195. The molecule has 0 aliphatic carbocycles. The molecule has 618 valence electrons. The standard InChI is InChI=1S/C96H181NO8/c1-6-8-10-12-14-16-18-20-22-24-26-28-30-32-34-36-38-40-42-44-46-47-49-51-53-55-57-59-61-63-65-67-69-71-73-75-77-79-81-83-85-87-94(99)105-92(91-104-96(95(100)101)102-89-88-97(3,4)5)90-103-93(98)86-84-82-80-78-76-74-72-70-68-66-64-62-60-58-56-54-52-50-48-45-43-41-39-37-35-33-31-29-27-25-23-21-19-17-15-13-11-9-7-2/h8,10,14,16,20,22,26,28,92,96H,6-7,9,11-13,15,17-19,21,23-25,27,29-91H2,1-5H3/b10-8-,16-14-,22-20-,28-26-. The summed E-state index contributed by atoms with van der Waals surface area (Å²) in [4.78, 5) is 37.7. The van der Waals surface area contributed by atoms with Crippen LogP contribution in [0.15, 0.2) is 48.6 Å². The summed E-state index contributed by atoms with van der Waals surface area (Å²) in [6.07, 6.45) is 113. The largest absolute Gasteiger partial charge is 0.545 e. The summed E-state index contributed by atoms with van der Waals surface area (Å²) < 4.78 is 23.0. The van der Waals surface area contributed by atoms with Crippen LogP contribution in [0, 0.1) is 0 Å². The molecule has 9 heteroatoms. The lowest BCUT2D eigenvalue weighted by molar-refractivity contribution is -0.870. The third-order valence-electron chi connectivity index (χ3n) is 21.6. The fraction of sp³-hybridized carbons (Fsp3) is 0.885. The van der Waals surface area contributed by atoms with E-state index in [0.717, 1.165) is 64.2 Å². The third kappa shape index (κ3) is 88.3. The van der Waals surface area contributed by atoms with E-state index >= 15 is 0 Å². The Hall–Kier alpha value is -2.75. The van der Waals surface area contributed by atoms with Crippen LogP contribution in [-0.4, -0.2) is 82.3 Å². The van der Waals surface area contributed by atoms with Crippen LogP contribution in [0.5, 0.6) is 0 Å². The number of hydrogen-bond donors (Lipinski definition) is 0. The molecule has 0 fully saturated rings. The zero-order chi connectivity index (χ0) is 76.0. The van der Waals surface area contributed by atoms with E-state index in [4.69, 9.17) is 18.9 Å². The number of ether oxygens (including phenoxy) is 4. The van der Waals surface area contributed by atoms with E-state index in [0.29, 0.717) is 17.4 Å². The molecule has 0 aliphatic heterocycles. The minimum Gasteiger partial charge on any atom is -0.545 e. The van der Waals surface area contributed by atoms with E-state index in [1.54, 1.807) is 0 Å². The number of esters is 2. The second-order valence-electron chi connectivity index (χ2n) is 33.3. The summed E-state index contributed by atoms with van der Waals surface area (Å²) in [6, 6.07) is 0. The molecule has 0 spiro atoms. The molecule has 9 nitrogen and oxygen atoms in total. The number of nitrogens with zero attached hydrogens (tertiary/aromatic N) is 1. The first-order valence-electron chi connectivity index (χ1n) is 46.8. The van der Waals surface area contributed by atoms with Gasteiger partial charge in [-0.25, -0.2) is 0 Å². The van der Waals surface area contributed by atoms with Gasteiger partial charge in [0.25, 0.3) is 0 Å². The Morgan fingerprint density at radius 1 is 0.295 bits per heavy atom. The topological polar surface area (TPSA) is 111 Å². The van der Waals surface area contributed by atoms with Gasteiger partial charge in [-0.15, -0.1) is 0 Å². The van der Waals surface area contributed by atoms with Gasteiger partial charge in [0.15, 0.2) is 12.4 Å². The van der Waals surface area contributed by atoms with Crippen LogP contribution >= 0.6 is 0 Å². The molecule has 0 amide bonds. The minimum absolute atomic E-state index is 0.152. The van der Waals surface area contributed by atoms with Gasteiger partial charge in [0.05, 0.1) is 40.3 Å². The van der Waals surface area contributed by atoms with Crippen molar-refractivity contribution in [1.29, 1.82) is 0 Å². The van der Waals surface area contributed by atoms with Gasteiger partial charge >= 0.3 is 11.9 Å². The van der Waals surface area contributed by atoms with Gasteiger partial charge < -0.3 is 33.3 Å². The van der Waals surface area contributed by atoms with Gasteiger partial charge in [0.2, 0.25) is 0 Å². The number of allylic oxidation sites excluding steroid dienone is 8. The Morgan fingerprint density at radius 3 is 0.810 bits per heavy atom. The second-order valence-corrected chi connectivity index (χ2v) is 33.3. The number of carbonyl (C=O) groups excluding carboxylic acids is 3. The van der Waals surface area contributed by atoms with Crippen LogP contribution in [0.2, 0.25) is 0 Å². The van der Waals surface area contributed by atoms with Gasteiger partial charge in [0.1, 0.15) is 13.2 Å². The molecule has 0 rings (SSSR count). The van der Waals surface area contributed by atoms with Gasteiger partial charge in [-0.1, -0.05) is 473 Å². The maximum Gasteiger partial charge on any atom is 0.306 e. The average Bonchev–Trinajstić information content (AvgIpc) is 1.18. The highest BCUT2D eigenvalue weighted by Gasteiger charge is 2.22. The SMILES string of the molecule is CC/C=C\C/C=C\C/C=C\C/C=C\CCCCCCCCCCCCCCCCCCCCCCCCCCCCCCC(=O)OC(COC(=O)CCCCCCCCCCCCCCCCCCCCCCCCCCCCCCCCCCCCCCCCC)COC(OCC[N+](C)(C)C)C(=O)[O-]. The molecule has 2 unspecified atom stereocenters. The summed E-state index contributed by atoms with van der Waals surface area (Å²) in [7, 11) is 5.96. The Morgan fingerprint density at radius 2 is 0.543 bits per heavy atom. The highest BCUT2D eigenvalue weighted by molar-refractivity contribution is 5.70. The molecular formula is C96H181NO8. The van der Waals surface area contributed by atoms with Gasteiger partial charge in [0, 0.05) is 12.8 Å². The normalized spacial score (nSPS) is 12.7. The lowest BCUT2D eigenvalue weighted by Gasteiger charge is -2.26. The van der Waals surface area contributed by atoms with Crippen molar-refractivity contribution < 1.29 is 42.9 Å². The smallest absolute Gasteiger partial charge is 0.306 e. The molecule has 0 aromatic rings. The maximum atomic E-state index is 13.0. The number of aliphatic carboxylic acids is 1. The van der Waals surface area contributed by atoms with Gasteiger partial charge in [-0.05, 0) is 51.4 Å². The van der Waals surface area contributed by atoms with Crippen molar-refractivity contribution in [3.8, 4) is 0 Å². The number of carboxylic acid groups (broad SMARTS) is 1. The predicted molar refractivity (Wildman–Crippen MR) is 454 cm³/mol. The number of hydrogen-bond acceptors (Lipinski definition) is 8. The zero-order valence-electron chi connectivity index (χ0n) is 71.1. The zero-order valence-corrected chi connectivity index (χ0v) is 71.1. The second kappa shape index (κ2) is 86.8. The Labute approximate surface area is 654 Å². The molecule has 105 heavy (non-hydrogen) atoms. The molecule has 0 radical (unpaired) electrons. The molecule has 0 saturated heterocycles. The van der Waals surface area contributed by atoms with Crippen LogP contribution in [0.1, 0.15) is 489 Å². The fourth-order valence-corrected chi connectivity index (χ4v) is 14.5. The number of carboxylic acids is 1. The van der Waals surface area contributed by atoms with Gasteiger partial charge in [-0.3, -0.25) is 9.59 Å². The monoisotopic (exact) mass is 1480 g/mol. The number of rotatable bonds is 89. The Kier molecular flexibility index (Phi) is 84.6. The summed E-state index contributed by atoms with van der Waals surface area (Å²) in [5.74, 6) is -2.24. The van der Waals surface area contributed by atoms with Crippen molar-refractivity contribution in [3.63, 3.8) is 0 Å².